The molecule has 0 saturated carbocycles. The number of hydrogen-bond donors (Lipinski definition) is 1. The first-order valence-corrected chi connectivity index (χ1v) is 6.30. The number of fused-ring (bicyclic) bond motifs is 1. The summed E-state index contributed by atoms with van der Waals surface area (Å²) >= 11 is 0. The van der Waals surface area contributed by atoms with Crippen LogP contribution in [-0.2, 0) is 6.42 Å². The molecule has 1 heterocycles. The van der Waals surface area contributed by atoms with E-state index in [4.69, 9.17) is 0 Å². The predicted octanol–water partition coefficient (Wildman–Crippen LogP) is 1.68. The number of hydrogen-bond acceptors (Lipinski definition) is 2. The number of amides is 1. The number of nitrogens with one attached hydrogen (secondary N) is 1. The SMILES string of the molecule is CCC(CN1CCc2ccccc2C1=O)NC. The van der Waals surface area contributed by atoms with Crippen LogP contribution in [0.25, 0.3) is 0 Å². The van der Waals surface area contributed by atoms with Crippen LogP contribution >= 0.6 is 0 Å². The number of rotatable bonds is 4. The lowest BCUT2D eigenvalue weighted by molar-refractivity contribution is 0.0723. The Kier molecular flexibility index (Phi) is 3.79. The van der Waals surface area contributed by atoms with Crippen LogP contribution in [-0.4, -0.2) is 37.0 Å². The maximum absolute atomic E-state index is 12.3. The zero-order valence-electron chi connectivity index (χ0n) is 10.6. The third-order valence-electron chi connectivity index (χ3n) is 3.53. The zero-order chi connectivity index (χ0) is 12.3. The summed E-state index contributed by atoms with van der Waals surface area (Å²) in [4.78, 5) is 14.2. The van der Waals surface area contributed by atoms with E-state index in [0.717, 1.165) is 31.5 Å². The third-order valence-corrected chi connectivity index (χ3v) is 3.53. The molecule has 2 rings (SSSR count). The molecule has 92 valence electrons. The van der Waals surface area contributed by atoms with Crippen molar-refractivity contribution in [3.05, 3.63) is 35.4 Å². The van der Waals surface area contributed by atoms with Crippen molar-refractivity contribution >= 4 is 5.91 Å². The Morgan fingerprint density at radius 1 is 1.41 bits per heavy atom. The number of nitrogens with zero attached hydrogens (tertiary/aromatic N) is 1. The Hall–Kier alpha value is -1.35. The summed E-state index contributed by atoms with van der Waals surface area (Å²) in [5, 5.41) is 3.25. The van der Waals surface area contributed by atoms with E-state index in [9.17, 15) is 4.79 Å². The second-order valence-corrected chi connectivity index (χ2v) is 4.55. The Morgan fingerprint density at radius 2 is 2.18 bits per heavy atom. The summed E-state index contributed by atoms with van der Waals surface area (Å²) in [5.74, 6) is 0.181. The molecule has 1 unspecified atom stereocenters. The number of likely N-dealkylation sites (N-methyl/N-ethyl adjacent to an activating group) is 1. The highest BCUT2D eigenvalue weighted by molar-refractivity contribution is 5.96. The first-order valence-electron chi connectivity index (χ1n) is 6.30. The van der Waals surface area contributed by atoms with Crippen molar-refractivity contribution in [2.24, 2.45) is 0 Å². The summed E-state index contributed by atoms with van der Waals surface area (Å²) in [6.45, 7) is 3.79. The minimum Gasteiger partial charge on any atom is -0.337 e. The van der Waals surface area contributed by atoms with Crippen LogP contribution < -0.4 is 5.32 Å². The van der Waals surface area contributed by atoms with Gasteiger partial charge in [0.2, 0.25) is 0 Å². The van der Waals surface area contributed by atoms with Gasteiger partial charge in [0.1, 0.15) is 0 Å². The molecule has 1 aliphatic heterocycles. The van der Waals surface area contributed by atoms with Gasteiger partial charge in [-0.3, -0.25) is 4.79 Å². The second-order valence-electron chi connectivity index (χ2n) is 4.55. The van der Waals surface area contributed by atoms with Crippen molar-refractivity contribution < 1.29 is 4.79 Å². The van der Waals surface area contributed by atoms with Gasteiger partial charge < -0.3 is 10.2 Å². The maximum atomic E-state index is 12.3. The van der Waals surface area contributed by atoms with E-state index in [2.05, 4.69) is 18.3 Å². The Morgan fingerprint density at radius 3 is 2.88 bits per heavy atom. The Balaban J connectivity index is 2.12. The quantitative estimate of drug-likeness (QED) is 0.856. The van der Waals surface area contributed by atoms with Gasteiger partial charge in [0.25, 0.3) is 5.91 Å². The first-order chi connectivity index (χ1) is 8.26. The van der Waals surface area contributed by atoms with Gasteiger partial charge in [-0.2, -0.15) is 0 Å². The van der Waals surface area contributed by atoms with E-state index in [-0.39, 0.29) is 5.91 Å². The van der Waals surface area contributed by atoms with Gasteiger partial charge >= 0.3 is 0 Å². The van der Waals surface area contributed by atoms with Gasteiger partial charge in [0.05, 0.1) is 0 Å². The largest absolute Gasteiger partial charge is 0.337 e. The molecule has 3 nitrogen and oxygen atoms in total. The molecule has 3 heteroatoms. The van der Waals surface area contributed by atoms with Crippen LogP contribution in [0.2, 0.25) is 0 Å². The van der Waals surface area contributed by atoms with E-state index in [0.29, 0.717) is 6.04 Å². The van der Waals surface area contributed by atoms with Crippen molar-refractivity contribution in [2.45, 2.75) is 25.8 Å². The molecule has 1 aromatic carbocycles. The molecular weight excluding hydrogens is 212 g/mol. The second kappa shape index (κ2) is 5.32. The lowest BCUT2D eigenvalue weighted by atomic mass is 9.98. The third kappa shape index (κ3) is 2.50. The van der Waals surface area contributed by atoms with Crippen LogP contribution in [0.1, 0.15) is 29.3 Å². The van der Waals surface area contributed by atoms with Crippen molar-refractivity contribution in [3.8, 4) is 0 Å². The average molecular weight is 232 g/mol. The van der Waals surface area contributed by atoms with E-state index >= 15 is 0 Å². The van der Waals surface area contributed by atoms with E-state index in [1.54, 1.807) is 0 Å². The van der Waals surface area contributed by atoms with E-state index in [1.165, 1.54) is 5.56 Å². The highest BCUT2D eigenvalue weighted by Gasteiger charge is 2.24. The molecular formula is C14H20N2O. The fraction of sp³-hybridized carbons (Fsp3) is 0.500. The van der Waals surface area contributed by atoms with Crippen molar-refractivity contribution in [3.63, 3.8) is 0 Å². The van der Waals surface area contributed by atoms with Crippen molar-refractivity contribution in [1.29, 1.82) is 0 Å². The molecule has 0 spiro atoms. The van der Waals surface area contributed by atoms with Crippen LogP contribution in [0.3, 0.4) is 0 Å². The highest BCUT2D eigenvalue weighted by Crippen LogP contribution is 2.18. The fourth-order valence-corrected chi connectivity index (χ4v) is 2.34. The Bertz CT molecular complexity index is 399. The summed E-state index contributed by atoms with van der Waals surface area (Å²) in [7, 11) is 1.95. The minimum atomic E-state index is 0.181. The van der Waals surface area contributed by atoms with Crippen LogP contribution in [0.4, 0.5) is 0 Å². The summed E-state index contributed by atoms with van der Waals surface area (Å²) in [6.07, 6.45) is 2.02. The van der Waals surface area contributed by atoms with Crippen molar-refractivity contribution in [1.82, 2.24) is 10.2 Å². The molecule has 0 aromatic heterocycles. The van der Waals surface area contributed by atoms with Gasteiger partial charge in [-0.15, -0.1) is 0 Å². The van der Waals surface area contributed by atoms with Gasteiger partial charge in [-0.25, -0.2) is 0 Å². The normalized spacial score (nSPS) is 16.8. The van der Waals surface area contributed by atoms with Crippen LogP contribution in [0, 0.1) is 0 Å². The average Bonchev–Trinajstić information content (AvgIpc) is 2.38. The smallest absolute Gasteiger partial charge is 0.254 e. The van der Waals surface area contributed by atoms with E-state index < -0.39 is 0 Å². The number of carbonyl (C=O) groups is 1. The van der Waals surface area contributed by atoms with Gasteiger partial charge in [-0.05, 0) is 31.5 Å². The molecule has 0 fully saturated rings. The summed E-state index contributed by atoms with van der Waals surface area (Å²) < 4.78 is 0. The van der Waals surface area contributed by atoms with Crippen LogP contribution in [0.15, 0.2) is 24.3 Å². The zero-order valence-corrected chi connectivity index (χ0v) is 10.6. The molecule has 1 N–H and O–H groups in total. The van der Waals surface area contributed by atoms with Crippen LogP contribution in [0.5, 0.6) is 0 Å². The molecule has 1 aliphatic rings. The van der Waals surface area contributed by atoms with Gasteiger partial charge in [0.15, 0.2) is 0 Å². The molecule has 0 bridgehead atoms. The predicted molar refractivity (Wildman–Crippen MR) is 69.2 cm³/mol. The van der Waals surface area contributed by atoms with Gasteiger partial charge in [-0.1, -0.05) is 25.1 Å². The number of carbonyl (C=O) groups excluding carboxylic acids is 1. The van der Waals surface area contributed by atoms with E-state index in [1.807, 2.05) is 30.1 Å². The topological polar surface area (TPSA) is 32.3 Å². The molecule has 0 radical (unpaired) electrons. The number of benzene rings is 1. The summed E-state index contributed by atoms with van der Waals surface area (Å²) in [5.41, 5.74) is 2.07. The standard InChI is InChI=1S/C14H20N2O/c1-3-12(15-2)10-16-9-8-11-6-4-5-7-13(11)14(16)17/h4-7,12,15H,3,8-10H2,1-2H3. The molecule has 1 atom stereocenters. The Labute approximate surface area is 103 Å². The monoisotopic (exact) mass is 232 g/mol. The maximum Gasteiger partial charge on any atom is 0.254 e. The fourth-order valence-electron chi connectivity index (χ4n) is 2.34. The highest BCUT2D eigenvalue weighted by atomic mass is 16.2. The molecule has 1 aromatic rings. The first kappa shape index (κ1) is 12.1. The lowest BCUT2D eigenvalue weighted by Crippen LogP contribution is -2.45. The molecule has 0 saturated heterocycles. The minimum absolute atomic E-state index is 0.181. The lowest BCUT2D eigenvalue weighted by Gasteiger charge is -2.31. The van der Waals surface area contributed by atoms with Crippen molar-refractivity contribution in [2.75, 3.05) is 20.1 Å². The van der Waals surface area contributed by atoms with Gasteiger partial charge in [0, 0.05) is 24.7 Å². The molecule has 0 aliphatic carbocycles. The molecule has 17 heavy (non-hydrogen) atoms. The molecule has 1 amide bonds. The summed E-state index contributed by atoms with van der Waals surface area (Å²) in [6, 6.07) is 8.33.